The van der Waals surface area contributed by atoms with Crippen molar-refractivity contribution in [3.63, 3.8) is 0 Å². The van der Waals surface area contributed by atoms with E-state index >= 15 is 0 Å². The van der Waals surface area contributed by atoms with E-state index in [2.05, 4.69) is 6.92 Å². The summed E-state index contributed by atoms with van der Waals surface area (Å²) in [5, 5.41) is 0. The highest BCUT2D eigenvalue weighted by Crippen LogP contribution is 2.15. The molecule has 0 bridgehead atoms. The molecule has 0 aromatic rings. The van der Waals surface area contributed by atoms with Crippen molar-refractivity contribution >= 4 is 23.9 Å². The zero-order valence-corrected chi connectivity index (χ0v) is 8.59. The molecule has 1 unspecified atom stereocenters. The summed E-state index contributed by atoms with van der Waals surface area (Å²) in [6.45, 7) is 2.89. The van der Waals surface area contributed by atoms with Gasteiger partial charge in [0, 0.05) is 12.7 Å². The average Bonchev–Trinajstić information content (AvgIpc) is 2.31. The minimum atomic E-state index is -1.68. The predicted octanol–water partition coefficient (Wildman–Crippen LogP) is 0.991. The molecule has 3 nitrogen and oxygen atoms in total. The summed E-state index contributed by atoms with van der Waals surface area (Å²) in [7, 11) is 5.68. The highest BCUT2D eigenvalue weighted by molar-refractivity contribution is 6.99. The smallest absolute Gasteiger partial charge is 0.464 e. The number of rotatable bonds is 3. The Labute approximate surface area is 76.2 Å². The highest BCUT2D eigenvalue weighted by Gasteiger charge is 2.34. The Morgan fingerprint density at radius 3 is 2.82 bits per heavy atom. The molecule has 1 aliphatic rings. The Balaban J connectivity index is 0.000001000. The fourth-order valence-corrected chi connectivity index (χ4v) is 2.61. The lowest BCUT2D eigenvalue weighted by Crippen LogP contribution is -2.10. The van der Waals surface area contributed by atoms with Crippen molar-refractivity contribution in [1.82, 2.24) is 0 Å². The van der Waals surface area contributed by atoms with Crippen LogP contribution in [0.5, 0.6) is 0 Å². The van der Waals surface area contributed by atoms with Crippen molar-refractivity contribution in [2.75, 3.05) is 6.61 Å². The summed E-state index contributed by atoms with van der Waals surface area (Å²) in [4.78, 5) is 0. The van der Waals surface area contributed by atoms with Gasteiger partial charge in [-0.25, -0.2) is 0 Å². The Hall–Kier alpha value is 0.702. The molecule has 1 aliphatic heterocycles. The molecule has 1 saturated heterocycles. The zero-order chi connectivity index (χ0) is 7.40. The average molecular weight is 197 g/mol. The highest BCUT2D eigenvalue weighted by atomic mass is 35.6. The standard InChI is InChI=1S/C6H12O2.Al.ClH.H2O/c1-2-3-4-6(8)5-7;;;/h6H,2-5H2,1H3;;1H;1H2/q-2;+3;;/p-1. The lowest BCUT2D eigenvalue weighted by molar-refractivity contribution is 0.220. The molecular formula is C6H14AlClO3. The Kier molecular flexibility index (Phi) is 6.64. The molecule has 0 aliphatic carbocycles. The molecule has 66 valence electrons. The first-order valence-electron chi connectivity index (χ1n) is 3.74. The van der Waals surface area contributed by atoms with Crippen LogP contribution in [0.1, 0.15) is 26.2 Å². The molecule has 0 aromatic heterocycles. The van der Waals surface area contributed by atoms with Crippen LogP contribution in [-0.2, 0) is 7.58 Å². The monoisotopic (exact) mass is 196 g/mol. The molecule has 1 heterocycles. The van der Waals surface area contributed by atoms with E-state index in [4.69, 9.17) is 17.6 Å². The molecule has 5 heteroatoms. The van der Waals surface area contributed by atoms with Gasteiger partial charge in [-0.15, -0.1) is 0 Å². The van der Waals surface area contributed by atoms with Crippen LogP contribution in [0.3, 0.4) is 0 Å². The van der Waals surface area contributed by atoms with E-state index in [1.54, 1.807) is 0 Å². The van der Waals surface area contributed by atoms with E-state index in [0.717, 1.165) is 13.0 Å². The Morgan fingerprint density at radius 2 is 2.36 bits per heavy atom. The largest absolute Gasteiger partial charge is 0.813 e. The third-order valence-electron chi connectivity index (χ3n) is 1.59. The zero-order valence-electron chi connectivity index (χ0n) is 6.68. The van der Waals surface area contributed by atoms with E-state index < -0.39 is 13.9 Å². The van der Waals surface area contributed by atoms with Crippen LogP contribution in [-0.4, -0.2) is 32.1 Å². The summed E-state index contributed by atoms with van der Waals surface area (Å²) in [6, 6.07) is 0. The summed E-state index contributed by atoms with van der Waals surface area (Å²) in [5.74, 6) is 0. The molecule has 11 heavy (non-hydrogen) atoms. The number of hydrogen-bond donors (Lipinski definition) is 0. The first kappa shape index (κ1) is 11.7. The fraction of sp³-hybridized carbons (Fsp3) is 1.00. The first-order valence-corrected chi connectivity index (χ1v) is 6.43. The second-order valence-corrected chi connectivity index (χ2v) is 4.73. The van der Waals surface area contributed by atoms with Gasteiger partial charge >= 0.3 is 13.9 Å². The topological polar surface area (TPSA) is 50.0 Å². The first-order chi connectivity index (χ1) is 4.83. The van der Waals surface area contributed by atoms with E-state index in [1.165, 1.54) is 12.8 Å². The van der Waals surface area contributed by atoms with Gasteiger partial charge < -0.3 is 13.1 Å². The minimum Gasteiger partial charge on any atom is -0.464 e. The number of hydrogen-bond acceptors (Lipinski definition) is 2. The summed E-state index contributed by atoms with van der Waals surface area (Å²) < 4.78 is 10.5. The van der Waals surface area contributed by atoms with Crippen LogP contribution in [0.15, 0.2) is 0 Å². The molecule has 1 fully saturated rings. The molecule has 2 N–H and O–H groups in total. The molecule has 0 amide bonds. The van der Waals surface area contributed by atoms with Gasteiger partial charge in [0.25, 0.3) is 0 Å². The van der Waals surface area contributed by atoms with Gasteiger partial charge in [0.2, 0.25) is 0 Å². The van der Waals surface area contributed by atoms with Gasteiger partial charge in [0.15, 0.2) is 0 Å². The van der Waals surface area contributed by atoms with Crippen molar-refractivity contribution in [3.05, 3.63) is 0 Å². The van der Waals surface area contributed by atoms with Gasteiger partial charge in [0.1, 0.15) is 0 Å². The molecule has 0 aromatic carbocycles. The number of unbranched alkanes of at least 4 members (excludes halogenated alkanes) is 1. The maximum Gasteiger partial charge on any atom is 0.813 e. The molecular weight excluding hydrogens is 182 g/mol. The third kappa shape index (κ3) is 4.32. The van der Waals surface area contributed by atoms with Gasteiger partial charge in [0.05, 0.1) is 0 Å². The van der Waals surface area contributed by atoms with E-state index in [1.807, 2.05) is 0 Å². The van der Waals surface area contributed by atoms with Crippen LogP contribution in [0.4, 0.5) is 0 Å². The van der Waals surface area contributed by atoms with Crippen molar-refractivity contribution < 1.29 is 13.1 Å². The summed E-state index contributed by atoms with van der Waals surface area (Å²) in [6.07, 6.45) is 3.83. The Bertz CT molecular complexity index is 104. The van der Waals surface area contributed by atoms with Gasteiger partial charge in [-0.2, -0.15) is 10.0 Å². The summed E-state index contributed by atoms with van der Waals surface area (Å²) >= 11 is -1.68. The van der Waals surface area contributed by atoms with Gasteiger partial charge in [-0.05, 0) is 6.42 Å². The summed E-state index contributed by atoms with van der Waals surface area (Å²) in [5.41, 5.74) is 0. The van der Waals surface area contributed by atoms with Crippen LogP contribution < -0.4 is 0 Å². The maximum atomic E-state index is 5.68. The van der Waals surface area contributed by atoms with Crippen LogP contribution >= 0.6 is 10.0 Å². The van der Waals surface area contributed by atoms with E-state index in [-0.39, 0.29) is 5.48 Å². The van der Waals surface area contributed by atoms with E-state index in [9.17, 15) is 0 Å². The van der Waals surface area contributed by atoms with Gasteiger partial charge in [-0.3, -0.25) is 0 Å². The fourth-order valence-electron chi connectivity index (χ4n) is 0.996. The maximum absolute atomic E-state index is 5.68. The molecule has 1 atom stereocenters. The van der Waals surface area contributed by atoms with Gasteiger partial charge in [-0.1, -0.05) is 19.8 Å². The normalized spacial score (nSPS) is 23.5. The number of halogens is 1. The Morgan fingerprint density at radius 1 is 1.64 bits per heavy atom. The SMILES string of the molecule is CCCCC1C[O][Al]([Cl])[O]1.O. The molecule has 1 rings (SSSR count). The molecule has 0 spiro atoms. The van der Waals surface area contributed by atoms with Crippen LogP contribution in [0.25, 0.3) is 0 Å². The van der Waals surface area contributed by atoms with E-state index in [0.29, 0.717) is 6.10 Å². The van der Waals surface area contributed by atoms with Crippen LogP contribution in [0.2, 0.25) is 0 Å². The van der Waals surface area contributed by atoms with Crippen molar-refractivity contribution in [2.24, 2.45) is 0 Å². The quantitative estimate of drug-likeness (QED) is 0.632. The third-order valence-corrected chi connectivity index (χ3v) is 3.33. The van der Waals surface area contributed by atoms with Crippen molar-refractivity contribution in [3.8, 4) is 0 Å². The predicted molar refractivity (Wildman–Crippen MR) is 45.6 cm³/mol. The van der Waals surface area contributed by atoms with Crippen LogP contribution in [0, 0.1) is 0 Å². The van der Waals surface area contributed by atoms with Crippen molar-refractivity contribution in [1.29, 1.82) is 0 Å². The molecule has 0 saturated carbocycles. The minimum absolute atomic E-state index is 0. The second-order valence-electron chi connectivity index (χ2n) is 2.51. The second kappa shape index (κ2) is 6.24. The lowest BCUT2D eigenvalue weighted by Gasteiger charge is -2.07. The van der Waals surface area contributed by atoms with Crippen molar-refractivity contribution in [2.45, 2.75) is 32.3 Å². The lowest BCUT2D eigenvalue weighted by atomic mass is 10.2. The molecule has 0 radical (unpaired) electrons.